The molecule has 4 nitrogen and oxygen atoms in total. The minimum absolute atomic E-state index is 0.0743. The first-order chi connectivity index (χ1) is 9.74. The molecular formula is C15H11ClN2O2. The molecular weight excluding hydrogens is 276 g/mol. The Hall–Kier alpha value is -2.33. The summed E-state index contributed by atoms with van der Waals surface area (Å²) in [5, 5.41) is 0.581. The zero-order chi connectivity index (χ0) is 13.9. The van der Waals surface area contributed by atoms with Crippen molar-refractivity contribution >= 4 is 11.6 Å². The zero-order valence-corrected chi connectivity index (χ0v) is 11.2. The molecule has 0 amide bonds. The fourth-order valence-corrected chi connectivity index (χ4v) is 2.12. The Morgan fingerprint density at radius 3 is 2.75 bits per heavy atom. The van der Waals surface area contributed by atoms with Gasteiger partial charge >= 0.3 is 0 Å². The first-order valence-electron chi connectivity index (χ1n) is 6.09. The van der Waals surface area contributed by atoms with E-state index in [0.29, 0.717) is 23.2 Å². The normalized spacial score (nSPS) is 10.7. The lowest BCUT2D eigenvalue weighted by atomic mass is 10.2. The Bertz CT molecular complexity index is 792. The smallest absolute Gasteiger partial charge is 0.250 e. The van der Waals surface area contributed by atoms with Gasteiger partial charge in [0.05, 0.1) is 22.8 Å². The van der Waals surface area contributed by atoms with Crippen LogP contribution < -0.4 is 5.56 Å². The molecule has 100 valence electrons. The molecule has 2 heterocycles. The summed E-state index contributed by atoms with van der Waals surface area (Å²) in [7, 11) is 0. The molecule has 5 heteroatoms. The number of pyridine rings is 1. The third kappa shape index (κ3) is 2.51. The van der Waals surface area contributed by atoms with Gasteiger partial charge in [0.15, 0.2) is 0 Å². The lowest BCUT2D eigenvalue weighted by Gasteiger charge is -2.00. The maximum absolute atomic E-state index is 11.6. The molecule has 0 spiro atoms. The molecule has 0 unspecified atom stereocenters. The third-order valence-corrected chi connectivity index (χ3v) is 3.22. The minimum atomic E-state index is -0.0743. The van der Waals surface area contributed by atoms with Gasteiger partial charge < -0.3 is 8.98 Å². The van der Waals surface area contributed by atoms with E-state index >= 15 is 0 Å². The second-order valence-electron chi connectivity index (χ2n) is 4.29. The fourth-order valence-electron chi connectivity index (χ4n) is 1.90. The standard InChI is InChI=1S/C15H11ClN2O2/c16-13-6-2-1-5-12(13)15-17-11(10-20-15)9-18-8-4-3-7-14(18)19/h1-8,10H,9H2. The van der Waals surface area contributed by atoms with Gasteiger partial charge in [-0.25, -0.2) is 4.98 Å². The summed E-state index contributed by atoms with van der Waals surface area (Å²) < 4.78 is 7.00. The maximum Gasteiger partial charge on any atom is 0.250 e. The van der Waals surface area contributed by atoms with Crippen LogP contribution in [0.25, 0.3) is 11.5 Å². The average molecular weight is 287 g/mol. The number of nitrogens with zero attached hydrogens (tertiary/aromatic N) is 2. The van der Waals surface area contributed by atoms with Crippen molar-refractivity contribution in [3.8, 4) is 11.5 Å². The first-order valence-corrected chi connectivity index (χ1v) is 6.46. The summed E-state index contributed by atoms with van der Waals surface area (Å²) >= 11 is 6.10. The predicted molar refractivity (Wildman–Crippen MR) is 76.8 cm³/mol. The van der Waals surface area contributed by atoms with Gasteiger partial charge in [0, 0.05) is 12.3 Å². The Kier molecular flexibility index (Phi) is 3.39. The van der Waals surface area contributed by atoms with Crippen molar-refractivity contribution in [2.24, 2.45) is 0 Å². The second kappa shape index (κ2) is 5.35. The van der Waals surface area contributed by atoms with Crippen molar-refractivity contribution in [2.75, 3.05) is 0 Å². The summed E-state index contributed by atoms with van der Waals surface area (Å²) in [4.78, 5) is 16.0. The van der Waals surface area contributed by atoms with E-state index < -0.39 is 0 Å². The highest BCUT2D eigenvalue weighted by Gasteiger charge is 2.10. The van der Waals surface area contributed by atoms with E-state index in [1.165, 1.54) is 12.3 Å². The van der Waals surface area contributed by atoms with Crippen LogP contribution in [-0.2, 0) is 6.54 Å². The molecule has 0 saturated heterocycles. The molecule has 3 rings (SSSR count). The van der Waals surface area contributed by atoms with Crippen LogP contribution >= 0.6 is 11.6 Å². The Balaban J connectivity index is 1.90. The molecule has 2 aromatic heterocycles. The number of benzene rings is 1. The zero-order valence-electron chi connectivity index (χ0n) is 10.5. The summed E-state index contributed by atoms with van der Waals surface area (Å²) in [5.41, 5.74) is 1.34. The van der Waals surface area contributed by atoms with E-state index in [2.05, 4.69) is 4.98 Å². The summed E-state index contributed by atoms with van der Waals surface area (Å²) in [6, 6.07) is 12.4. The average Bonchev–Trinajstić information content (AvgIpc) is 2.90. The van der Waals surface area contributed by atoms with Crippen LogP contribution in [0.4, 0.5) is 0 Å². The molecule has 3 aromatic rings. The van der Waals surface area contributed by atoms with Gasteiger partial charge in [0.2, 0.25) is 5.89 Å². The lowest BCUT2D eigenvalue weighted by Crippen LogP contribution is -2.18. The van der Waals surface area contributed by atoms with Crippen molar-refractivity contribution in [1.29, 1.82) is 0 Å². The van der Waals surface area contributed by atoms with E-state index in [0.717, 1.165) is 5.56 Å². The van der Waals surface area contributed by atoms with Gasteiger partial charge in [-0.05, 0) is 18.2 Å². The second-order valence-corrected chi connectivity index (χ2v) is 4.70. The Morgan fingerprint density at radius 1 is 1.15 bits per heavy atom. The predicted octanol–water partition coefficient (Wildman–Crippen LogP) is 3.21. The van der Waals surface area contributed by atoms with Crippen molar-refractivity contribution in [3.63, 3.8) is 0 Å². The highest BCUT2D eigenvalue weighted by Crippen LogP contribution is 2.26. The van der Waals surface area contributed by atoms with Crippen LogP contribution in [0.15, 0.2) is 64.1 Å². The molecule has 0 N–H and O–H groups in total. The topological polar surface area (TPSA) is 48.0 Å². The van der Waals surface area contributed by atoms with Gasteiger partial charge in [-0.15, -0.1) is 0 Å². The molecule has 1 aromatic carbocycles. The number of oxazole rings is 1. The van der Waals surface area contributed by atoms with Crippen LogP contribution in [0.2, 0.25) is 5.02 Å². The van der Waals surface area contributed by atoms with Crippen molar-refractivity contribution in [3.05, 3.63) is 76.0 Å². The monoisotopic (exact) mass is 286 g/mol. The van der Waals surface area contributed by atoms with E-state index in [9.17, 15) is 4.79 Å². The molecule has 0 aliphatic heterocycles. The van der Waals surface area contributed by atoms with Crippen LogP contribution in [0.3, 0.4) is 0 Å². The molecule has 0 atom stereocenters. The molecule has 20 heavy (non-hydrogen) atoms. The number of aromatic nitrogens is 2. The molecule has 0 saturated carbocycles. The summed E-state index contributed by atoms with van der Waals surface area (Å²) in [6.45, 7) is 0.369. The first kappa shape index (κ1) is 12.7. The van der Waals surface area contributed by atoms with Gasteiger partial charge in [-0.3, -0.25) is 4.79 Å². The minimum Gasteiger partial charge on any atom is -0.444 e. The number of hydrogen-bond donors (Lipinski definition) is 0. The highest BCUT2D eigenvalue weighted by molar-refractivity contribution is 6.33. The van der Waals surface area contributed by atoms with E-state index in [1.807, 2.05) is 18.2 Å². The maximum atomic E-state index is 11.6. The van der Waals surface area contributed by atoms with Gasteiger partial charge in [0.1, 0.15) is 6.26 Å². The van der Waals surface area contributed by atoms with Crippen molar-refractivity contribution < 1.29 is 4.42 Å². The van der Waals surface area contributed by atoms with Gasteiger partial charge in [-0.1, -0.05) is 29.8 Å². The van der Waals surface area contributed by atoms with Crippen LogP contribution in [0.5, 0.6) is 0 Å². The molecule has 0 aliphatic carbocycles. The van der Waals surface area contributed by atoms with E-state index in [-0.39, 0.29) is 5.56 Å². The quantitative estimate of drug-likeness (QED) is 0.743. The highest BCUT2D eigenvalue weighted by atomic mass is 35.5. The molecule has 0 radical (unpaired) electrons. The van der Waals surface area contributed by atoms with E-state index in [1.54, 1.807) is 29.0 Å². The van der Waals surface area contributed by atoms with Crippen LogP contribution in [0.1, 0.15) is 5.69 Å². The van der Waals surface area contributed by atoms with Gasteiger partial charge in [-0.2, -0.15) is 0 Å². The molecule has 0 bridgehead atoms. The van der Waals surface area contributed by atoms with Crippen LogP contribution in [0, 0.1) is 0 Å². The number of hydrogen-bond acceptors (Lipinski definition) is 3. The largest absolute Gasteiger partial charge is 0.444 e. The fraction of sp³-hybridized carbons (Fsp3) is 0.0667. The number of rotatable bonds is 3. The number of halogens is 1. The van der Waals surface area contributed by atoms with E-state index in [4.69, 9.17) is 16.0 Å². The van der Waals surface area contributed by atoms with Crippen molar-refractivity contribution in [2.45, 2.75) is 6.54 Å². The van der Waals surface area contributed by atoms with Gasteiger partial charge in [0.25, 0.3) is 5.56 Å². The summed E-state index contributed by atoms with van der Waals surface area (Å²) in [6.07, 6.45) is 3.25. The summed E-state index contributed by atoms with van der Waals surface area (Å²) in [5.74, 6) is 0.453. The van der Waals surface area contributed by atoms with Crippen LogP contribution in [-0.4, -0.2) is 9.55 Å². The lowest BCUT2D eigenvalue weighted by molar-refractivity contribution is 0.571. The molecule has 0 aliphatic rings. The van der Waals surface area contributed by atoms with Crippen molar-refractivity contribution in [1.82, 2.24) is 9.55 Å². The Labute approximate surface area is 120 Å². The molecule has 0 fully saturated rings. The third-order valence-electron chi connectivity index (χ3n) is 2.89. The SMILES string of the molecule is O=c1ccccn1Cc1coc(-c2ccccc2Cl)n1. The Morgan fingerprint density at radius 2 is 1.95 bits per heavy atom.